The molecule has 0 aromatic heterocycles. The summed E-state index contributed by atoms with van der Waals surface area (Å²) in [5.41, 5.74) is 1.06. The molecule has 0 unspecified atom stereocenters. The third-order valence-corrected chi connectivity index (χ3v) is 4.35. The minimum Gasteiger partial charge on any atom is -0.493 e. The first-order chi connectivity index (χ1) is 13.3. The fourth-order valence-corrected chi connectivity index (χ4v) is 2.86. The number of hydrogen-bond donors (Lipinski definition) is 2. The van der Waals surface area contributed by atoms with E-state index in [1.54, 1.807) is 14.2 Å². The zero-order valence-corrected chi connectivity index (χ0v) is 19.5. The van der Waals surface area contributed by atoms with Gasteiger partial charge in [0.2, 0.25) is 0 Å². The lowest BCUT2D eigenvalue weighted by Gasteiger charge is -2.22. The number of aliphatic imine (C=N–C) groups is 1. The maximum Gasteiger partial charge on any atom is 0.191 e. The second-order valence-corrected chi connectivity index (χ2v) is 6.35. The Morgan fingerprint density at radius 1 is 1.14 bits per heavy atom. The Bertz CT molecular complexity index is 581. The van der Waals surface area contributed by atoms with Crippen LogP contribution >= 0.6 is 24.0 Å². The van der Waals surface area contributed by atoms with E-state index in [1.807, 2.05) is 18.2 Å². The fraction of sp³-hybridized carbons (Fsp3) is 0.650. The summed E-state index contributed by atoms with van der Waals surface area (Å²) in [7, 11) is 3.27. The molecule has 28 heavy (non-hydrogen) atoms. The average molecular weight is 507 g/mol. The van der Waals surface area contributed by atoms with E-state index < -0.39 is 0 Å². The van der Waals surface area contributed by atoms with Gasteiger partial charge in [-0.3, -0.25) is 0 Å². The van der Waals surface area contributed by atoms with Gasteiger partial charge in [0.05, 0.1) is 26.9 Å². The summed E-state index contributed by atoms with van der Waals surface area (Å²) in [6.45, 7) is 6.65. The molecule has 0 bridgehead atoms. The molecule has 0 amide bonds. The summed E-state index contributed by atoms with van der Waals surface area (Å²) in [6, 6.07) is 5.85. The van der Waals surface area contributed by atoms with Crippen LogP contribution in [-0.4, -0.2) is 59.2 Å². The lowest BCUT2D eigenvalue weighted by molar-refractivity contribution is -0.0320. The zero-order chi connectivity index (χ0) is 19.3. The molecule has 1 aliphatic rings. The zero-order valence-electron chi connectivity index (χ0n) is 17.2. The lowest BCUT2D eigenvalue weighted by atomic mass is 10.1. The highest BCUT2D eigenvalue weighted by atomic mass is 127. The predicted octanol–water partition coefficient (Wildman–Crippen LogP) is 2.96. The summed E-state index contributed by atoms with van der Waals surface area (Å²) in [5.74, 6) is 2.24. The van der Waals surface area contributed by atoms with Crippen molar-refractivity contribution >= 4 is 29.9 Å². The van der Waals surface area contributed by atoms with Gasteiger partial charge in [-0.2, -0.15) is 0 Å². The highest BCUT2D eigenvalue weighted by Crippen LogP contribution is 2.27. The van der Waals surface area contributed by atoms with Crippen molar-refractivity contribution in [3.63, 3.8) is 0 Å². The molecule has 2 rings (SSSR count). The molecule has 0 radical (unpaired) electrons. The standard InChI is InChI=1S/C20H33N3O4.HI/c1-4-21-20(22-10-5-11-27-17-8-12-26-13-9-17)23-15-16-6-7-18(24-2)19(14-16)25-3;/h6-7,14,17H,4-5,8-13,15H2,1-3H3,(H2,21,22,23);1H. The second kappa shape index (κ2) is 14.7. The van der Waals surface area contributed by atoms with E-state index in [0.717, 1.165) is 69.4 Å². The van der Waals surface area contributed by atoms with Crippen LogP contribution in [0.4, 0.5) is 0 Å². The molecular weight excluding hydrogens is 473 g/mol. The molecule has 1 aromatic rings. The maximum atomic E-state index is 5.90. The van der Waals surface area contributed by atoms with Crippen LogP contribution in [0, 0.1) is 0 Å². The van der Waals surface area contributed by atoms with Crippen LogP contribution in [-0.2, 0) is 16.0 Å². The van der Waals surface area contributed by atoms with Gasteiger partial charge in [-0.25, -0.2) is 4.99 Å². The van der Waals surface area contributed by atoms with Crippen molar-refractivity contribution in [1.29, 1.82) is 0 Å². The number of methoxy groups -OCH3 is 2. The van der Waals surface area contributed by atoms with E-state index >= 15 is 0 Å². The van der Waals surface area contributed by atoms with Gasteiger partial charge in [0, 0.05) is 32.9 Å². The Kier molecular flexibility index (Phi) is 13.0. The van der Waals surface area contributed by atoms with Crippen LogP contribution < -0.4 is 20.1 Å². The summed E-state index contributed by atoms with van der Waals surface area (Å²) >= 11 is 0. The Hall–Kier alpha value is -1.26. The maximum absolute atomic E-state index is 5.90. The number of guanidine groups is 1. The third kappa shape index (κ3) is 8.83. The van der Waals surface area contributed by atoms with Gasteiger partial charge in [0.15, 0.2) is 17.5 Å². The number of nitrogens with one attached hydrogen (secondary N) is 2. The number of halogens is 1. The molecule has 1 aromatic carbocycles. The molecule has 8 heteroatoms. The summed E-state index contributed by atoms with van der Waals surface area (Å²) < 4.78 is 21.9. The molecule has 0 saturated carbocycles. The quantitative estimate of drug-likeness (QED) is 0.220. The first-order valence-electron chi connectivity index (χ1n) is 9.69. The van der Waals surface area contributed by atoms with Crippen LogP contribution in [0.3, 0.4) is 0 Å². The normalized spacial score (nSPS) is 14.9. The van der Waals surface area contributed by atoms with Crippen molar-refractivity contribution in [3.05, 3.63) is 23.8 Å². The Morgan fingerprint density at radius 3 is 2.57 bits per heavy atom. The van der Waals surface area contributed by atoms with Crippen molar-refractivity contribution < 1.29 is 18.9 Å². The first kappa shape index (κ1) is 24.8. The SMILES string of the molecule is CCNC(=NCc1ccc(OC)c(OC)c1)NCCCOC1CCOCC1.I. The molecule has 7 nitrogen and oxygen atoms in total. The van der Waals surface area contributed by atoms with Gasteiger partial charge in [-0.1, -0.05) is 6.07 Å². The molecule has 0 atom stereocenters. The van der Waals surface area contributed by atoms with E-state index in [-0.39, 0.29) is 24.0 Å². The van der Waals surface area contributed by atoms with Crippen LogP contribution in [0.1, 0.15) is 31.7 Å². The summed E-state index contributed by atoms with van der Waals surface area (Å²) in [5, 5.41) is 6.63. The number of ether oxygens (including phenoxy) is 4. The number of hydrogen-bond acceptors (Lipinski definition) is 5. The lowest BCUT2D eigenvalue weighted by Crippen LogP contribution is -2.38. The van der Waals surface area contributed by atoms with Gasteiger partial charge in [-0.05, 0) is 43.9 Å². The van der Waals surface area contributed by atoms with E-state index in [1.165, 1.54) is 0 Å². The highest BCUT2D eigenvalue weighted by Gasteiger charge is 2.13. The molecule has 0 spiro atoms. The van der Waals surface area contributed by atoms with Gasteiger partial charge in [0.25, 0.3) is 0 Å². The Morgan fingerprint density at radius 2 is 1.89 bits per heavy atom. The Labute approximate surface area is 185 Å². The predicted molar refractivity (Wildman–Crippen MR) is 122 cm³/mol. The minimum absolute atomic E-state index is 0. The molecule has 1 aliphatic heterocycles. The van der Waals surface area contributed by atoms with Gasteiger partial charge in [-0.15, -0.1) is 24.0 Å². The smallest absolute Gasteiger partial charge is 0.191 e. The molecule has 1 fully saturated rings. The summed E-state index contributed by atoms with van der Waals surface area (Å²) in [4.78, 5) is 4.64. The van der Waals surface area contributed by atoms with Gasteiger partial charge in [0.1, 0.15) is 0 Å². The molecule has 1 saturated heterocycles. The number of nitrogens with zero attached hydrogens (tertiary/aromatic N) is 1. The topological polar surface area (TPSA) is 73.3 Å². The molecular formula is C20H34IN3O4. The molecule has 2 N–H and O–H groups in total. The van der Waals surface area contributed by atoms with Gasteiger partial charge >= 0.3 is 0 Å². The molecule has 1 heterocycles. The number of rotatable bonds is 10. The van der Waals surface area contributed by atoms with Crippen molar-refractivity contribution in [3.8, 4) is 11.5 Å². The largest absolute Gasteiger partial charge is 0.493 e. The van der Waals surface area contributed by atoms with Crippen LogP contribution in [0.5, 0.6) is 11.5 Å². The minimum atomic E-state index is 0. The van der Waals surface area contributed by atoms with E-state index in [4.69, 9.17) is 18.9 Å². The fourth-order valence-electron chi connectivity index (χ4n) is 2.86. The molecule has 0 aliphatic carbocycles. The van der Waals surface area contributed by atoms with E-state index in [2.05, 4.69) is 22.5 Å². The van der Waals surface area contributed by atoms with E-state index in [9.17, 15) is 0 Å². The van der Waals surface area contributed by atoms with Crippen LogP contribution in [0.25, 0.3) is 0 Å². The van der Waals surface area contributed by atoms with Crippen LogP contribution in [0.15, 0.2) is 23.2 Å². The van der Waals surface area contributed by atoms with Crippen molar-refractivity contribution in [1.82, 2.24) is 10.6 Å². The van der Waals surface area contributed by atoms with E-state index in [0.29, 0.717) is 18.4 Å². The third-order valence-electron chi connectivity index (χ3n) is 4.35. The first-order valence-corrected chi connectivity index (χ1v) is 9.69. The average Bonchev–Trinajstić information content (AvgIpc) is 2.72. The Balaban J connectivity index is 0.00000392. The van der Waals surface area contributed by atoms with Crippen molar-refractivity contribution in [2.75, 3.05) is 47.1 Å². The molecule has 160 valence electrons. The van der Waals surface area contributed by atoms with Gasteiger partial charge < -0.3 is 29.6 Å². The number of benzene rings is 1. The summed E-state index contributed by atoms with van der Waals surface area (Å²) in [6.07, 6.45) is 3.30. The van der Waals surface area contributed by atoms with Crippen LogP contribution in [0.2, 0.25) is 0 Å². The monoisotopic (exact) mass is 507 g/mol. The second-order valence-electron chi connectivity index (χ2n) is 6.35. The highest BCUT2D eigenvalue weighted by molar-refractivity contribution is 14.0. The van der Waals surface area contributed by atoms with Crippen molar-refractivity contribution in [2.24, 2.45) is 4.99 Å². The van der Waals surface area contributed by atoms with Crippen molar-refractivity contribution in [2.45, 2.75) is 38.8 Å².